The molecule has 0 amide bonds. The maximum atomic E-state index is 4.09. The second-order valence-corrected chi connectivity index (χ2v) is 2.50. The fraction of sp³-hybridized carbons (Fsp3) is 0.600. The van der Waals surface area contributed by atoms with Crippen molar-refractivity contribution in [2.24, 2.45) is 0 Å². The molecule has 0 rings (SSSR count). The van der Waals surface area contributed by atoms with Crippen LogP contribution in [0.15, 0.2) is 24.6 Å². The van der Waals surface area contributed by atoms with Crippen LogP contribution in [0.4, 0.5) is 0 Å². The second kappa shape index (κ2) is 9.28. The molecule has 0 heterocycles. The fourth-order valence-corrected chi connectivity index (χ4v) is 0.654. The van der Waals surface area contributed by atoms with Crippen LogP contribution in [0, 0.1) is 0 Å². The first kappa shape index (κ1) is 10.3. The summed E-state index contributed by atoms with van der Waals surface area (Å²) in [5.74, 6) is 0. The van der Waals surface area contributed by atoms with Gasteiger partial charge >= 0.3 is 0 Å². The van der Waals surface area contributed by atoms with Gasteiger partial charge in [-0.05, 0) is 12.8 Å². The van der Waals surface area contributed by atoms with E-state index in [9.17, 15) is 0 Å². The lowest BCUT2D eigenvalue weighted by Gasteiger charge is -1.85. The Morgan fingerprint density at radius 2 is 1.36 bits per heavy atom. The minimum atomic E-state index is 1.13. The van der Waals surface area contributed by atoms with Gasteiger partial charge in [0.1, 0.15) is 0 Å². The molecule has 0 N–H and O–H groups in total. The number of allylic oxidation sites excluding steroid dienone is 2. The zero-order valence-electron chi connectivity index (χ0n) is 7.59. The molecule has 0 aliphatic carbocycles. The van der Waals surface area contributed by atoms with E-state index in [2.05, 4.69) is 31.3 Å². The van der Waals surface area contributed by atoms with Crippen LogP contribution < -0.4 is 5.32 Å². The molecular weight excluding hydrogens is 134 g/mol. The number of nitrogens with zero attached hydrogens (tertiary/aromatic N) is 1. The quantitative estimate of drug-likeness (QED) is 0.555. The summed E-state index contributed by atoms with van der Waals surface area (Å²) in [7, 11) is 0. The molecule has 11 heavy (non-hydrogen) atoms. The van der Waals surface area contributed by atoms with Crippen molar-refractivity contribution in [1.82, 2.24) is 5.32 Å². The minimum Gasteiger partial charge on any atom is -0.265 e. The van der Waals surface area contributed by atoms with E-state index in [4.69, 9.17) is 0 Å². The van der Waals surface area contributed by atoms with Gasteiger partial charge in [0.2, 0.25) is 0 Å². The molecule has 0 fully saturated rings. The monoisotopic (exact) mass is 152 g/mol. The lowest BCUT2D eigenvalue weighted by atomic mass is 10.3. The topological polar surface area (TPSA) is 14.1 Å². The molecule has 0 bridgehead atoms. The van der Waals surface area contributed by atoms with E-state index in [0.29, 0.717) is 0 Å². The smallest absolute Gasteiger partial charge is 0.0227 e. The summed E-state index contributed by atoms with van der Waals surface area (Å²) in [6.07, 6.45) is 12.6. The number of unbranched alkanes of at least 4 members (excludes halogenated alkanes) is 2. The fourth-order valence-electron chi connectivity index (χ4n) is 0.654. The van der Waals surface area contributed by atoms with Crippen molar-refractivity contribution in [3.63, 3.8) is 0 Å². The first-order valence-electron chi connectivity index (χ1n) is 4.41. The first-order valence-corrected chi connectivity index (χ1v) is 4.41. The van der Waals surface area contributed by atoms with Crippen LogP contribution in [0.1, 0.15) is 39.5 Å². The van der Waals surface area contributed by atoms with Crippen LogP contribution in [-0.4, -0.2) is 0 Å². The maximum absolute atomic E-state index is 4.09. The van der Waals surface area contributed by atoms with Crippen molar-refractivity contribution in [1.29, 1.82) is 0 Å². The standard InChI is InChI=1S/C10H18N/c1-3-5-7-9-11-10-8-6-4-2/h7-10H,3-6H2,1-2H3/b9-7+,10-8+. The van der Waals surface area contributed by atoms with E-state index in [-0.39, 0.29) is 0 Å². The van der Waals surface area contributed by atoms with Crippen LogP contribution in [-0.2, 0) is 0 Å². The van der Waals surface area contributed by atoms with Crippen molar-refractivity contribution < 1.29 is 0 Å². The van der Waals surface area contributed by atoms with Crippen LogP contribution in [0.2, 0.25) is 0 Å². The summed E-state index contributed by atoms with van der Waals surface area (Å²) >= 11 is 0. The largest absolute Gasteiger partial charge is 0.265 e. The third kappa shape index (κ3) is 9.28. The molecule has 0 aliphatic heterocycles. The van der Waals surface area contributed by atoms with Gasteiger partial charge in [0, 0.05) is 12.4 Å². The molecule has 0 aliphatic rings. The van der Waals surface area contributed by atoms with E-state index in [1.807, 2.05) is 12.4 Å². The molecule has 0 aromatic carbocycles. The van der Waals surface area contributed by atoms with Crippen LogP contribution in [0.25, 0.3) is 0 Å². The number of hydrogen-bond acceptors (Lipinski definition) is 0. The third-order valence-electron chi connectivity index (χ3n) is 1.29. The molecule has 0 spiro atoms. The number of rotatable bonds is 6. The SMILES string of the molecule is CCC/C=C/[N]/C=C/CCC. The van der Waals surface area contributed by atoms with Gasteiger partial charge < -0.3 is 0 Å². The van der Waals surface area contributed by atoms with Gasteiger partial charge in [-0.15, -0.1) is 0 Å². The van der Waals surface area contributed by atoms with Crippen molar-refractivity contribution in [3.8, 4) is 0 Å². The predicted molar refractivity (Wildman–Crippen MR) is 50.2 cm³/mol. The van der Waals surface area contributed by atoms with Gasteiger partial charge in [-0.25, -0.2) is 0 Å². The molecule has 0 unspecified atom stereocenters. The van der Waals surface area contributed by atoms with Crippen LogP contribution in [0.3, 0.4) is 0 Å². The Labute approximate surface area is 70.2 Å². The van der Waals surface area contributed by atoms with Crippen molar-refractivity contribution in [3.05, 3.63) is 24.6 Å². The molecule has 0 atom stereocenters. The highest BCUT2D eigenvalue weighted by molar-refractivity contribution is 4.87. The summed E-state index contributed by atoms with van der Waals surface area (Å²) in [6.45, 7) is 4.33. The Bertz CT molecular complexity index is 100. The van der Waals surface area contributed by atoms with Gasteiger partial charge in [-0.2, -0.15) is 0 Å². The lowest BCUT2D eigenvalue weighted by Crippen LogP contribution is -1.80. The van der Waals surface area contributed by atoms with E-state index < -0.39 is 0 Å². The van der Waals surface area contributed by atoms with Gasteiger partial charge in [0.15, 0.2) is 0 Å². The maximum Gasteiger partial charge on any atom is 0.0227 e. The summed E-state index contributed by atoms with van der Waals surface area (Å²) in [6, 6.07) is 0. The summed E-state index contributed by atoms with van der Waals surface area (Å²) < 4.78 is 0. The second-order valence-electron chi connectivity index (χ2n) is 2.50. The van der Waals surface area contributed by atoms with E-state index in [1.54, 1.807) is 0 Å². The Hall–Kier alpha value is -0.720. The molecule has 0 saturated heterocycles. The molecule has 63 valence electrons. The Kier molecular flexibility index (Phi) is 8.67. The zero-order chi connectivity index (χ0) is 8.36. The van der Waals surface area contributed by atoms with E-state index in [1.165, 1.54) is 12.8 Å². The highest BCUT2D eigenvalue weighted by Gasteiger charge is 1.73. The Morgan fingerprint density at radius 3 is 1.73 bits per heavy atom. The Morgan fingerprint density at radius 1 is 0.909 bits per heavy atom. The van der Waals surface area contributed by atoms with Crippen molar-refractivity contribution in [2.75, 3.05) is 0 Å². The van der Waals surface area contributed by atoms with E-state index in [0.717, 1.165) is 12.8 Å². The molecule has 1 heteroatoms. The summed E-state index contributed by atoms with van der Waals surface area (Å²) in [5, 5.41) is 4.09. The average Bonchev–Trinajstić information content (AvgIpc) is 2.03. The first-order chi connectivity index (χ1) is 5.41. The highest BCUT2D eigenvalue weighted by Crippen LogP contribution is 1.89. The average molecular weight is 152 g/mol. The van der Waals surface area contributed by atoms with Gasteiger partial charge in [-0.3, -0.25) is 5.32 Å². The number of hydrogen-bond donors (Lipinski definition) is 0. The van der Waals surface area contributed by atoms with Gasteiger partial charge in [0.25, 0.3) is 0 Å². The molecular formula is C10H18N. The molecule has 0 aromatic rings. The molecule has 0 aromatic heterocycles. The van der Waals surface area contributed by atoms with Gasteiger partial charge in [0.05, 0.1) is 0 Å². The molecule has 1 radical (unpaired) electrons. The lowest BCUT2D eigenvalue weighted by molar-refractivity contribution is 0.936. The van der Waals surface area contributed by atoms with Crippen molar-refractivity contribution in [2.45, 2.75) is 39.5 Å². The molecule has 0 saturated carbocycles. The summed E-state index contributed by atoms with van der Waals surface area (Å²) in [5.41, 5.74) is 0. The normalized spacial score (nSPS) is 11.5. The van der Waals surface area contributed by atoms with E-state index >= 15 is 0 Å². The zero-order valence-corrected chi connectivity index (χ0v) is 7.59. The van der Waals surface area contributed by atoms with Crippen LogP contribution in [0.5, 0.6) is 0 Å². The minimum absolute atomic E-state index is 1.13. The van der Waals surface area contributed by atoms with Crippen molar-refractivity contribution >= 4 is 0 Å². The van der Waals surface area contributed by atoms with Gasteiger partial charge in [-0.1, -0.05) is 38.8 Å². The highest BCUT2D eigenvalue weighted by atomic mass is 14.8. The Balaban J connectivity index is 3.11. The third-order valence-corrected chi connectivity index (χ3v) is 1.29. The van der Waals surface area contributed by atoms with Crippen LogP contribution >= 0.6 is 0 Å². The summed E-state index contributed by atoms with van der Waals surface area (Å²) in [4.78, 5) is 0. The molecule has 1 nitrogen and oxygen atoms in total. The predicted octanol–water partition coefficient (Wildman–Crippen LogP) is 3.22.